The highest BCUT2D eigenvalue weighted by molar-refractivity contribution is 4.98. The van der Waals surface area contributed by atoms with Gasteiger partial charge in [0.2, 0.25) is 0 Å². The van der Waals surface area contributed by atoms with Crippen molar-refractivity contribution >= 4 is 0 Å². The van der Waals surface area contributed by atoms with E-state index in [1.807, 2.05) is 13.8 Å². The van der Waals surface area contributed by atoms with E-state index < -0.39 is 5.54 Å². The molecule has 0 aliphatic heterocycles. The van der Waals surface area contributed by atoms with Crippen LogP contribution >= 0.6 is 0 Å². The molecule has 1 aliphatic carbocycles. The first-order chi connectivity index (χ1) is 8.86. The Labute approximate surface area is 114 Å². The van der Waals surface area contributed by atoms with Gasteiger partial charge in [0.15, 0.2) is 5.82 Å². The minimum atomic E-state index is -0.573. The van der Waals surface area contributed by atoms with Crippen LogP contribution in [0.3, 0.4) is 0 Å². The Bertz CT molecular complexity index is 411. The quantitative estimate of drug-likeness (QED) is 0.907. The normalized spacial score (nSPS) is 28.6. The molecule has 5 heteroatoms. The average Bonchev–Trinajstić information content (AvgIpc) is 2.79. The fourth-order valence-electron chi connectivity index (χ4n) is 2.41. The van der Waals surface area contributed by atoms with Crippen molar-refractivity contribution < 1.29 is 9.26 Å². The van der Waals surface area contributed by atoms with Crippen LogP contribution in [0.2, 0.25) is 0 Å². The van der Waals surface area contributed by atoms with Crippen molar-refractivity contribution in [3.63, 3.8) is 0 Å². The van der Waals surface area contributed by atoms with E-state index in [9.17, 15) is 0 Å². The number of ether oxygens (including phenoxy) is 1. The molecule has 19 heavy (non-hydrogen) atoms. The van der Waals surface area contributed by atoms with Crippen LogP contribution in [0.25, 0.3) is 0 Å². The van der Waals surface area contributed by atoms with E-state index in [0.29, 0.717) is 24.4 Å². The van der Waals surface area contributed by atoms with Gasteiger partial charge in [-0.05, 0) is 44.9 Å². The molecular weight excluding hydrogens is 242 g/mol. The summed E-state index contributed by atoms with van der Waals surface area (Å²) in [6.45, 7) is 8.70. The molecule has 0 radical (unpaired) electrons. The van der Waals surface area contributed by atoms with Gasteiger partial charge in [-0.15, -0.1) is 0 Å². The molecule has 1 heterocycles. The number of hydrogen-bond donors (Lipinski definition) is 1. The van der Waals surface area contributed by atoms with E-state index in [0.717, 1.165) is 24.7 Å². The van der Waals surface area contributed by atoms with Gasteiger partial charge in [-0.2, -0.15) is 4.98 Å². The van der Waals surface area contributed by atoms with E-state index in [1.54, 1.807) is 0 Å². The molecule has 1 aromatic heterocycles. The Morgan fingerprint density at radius 3 is 2.63 bits per heavy atom. The van der Waals surface area contributed by atoms with Gasteiger partial charge in [0.1, 0.15) is 6.61 Å². The molecule has 0 bridgehead atoms. The van der Waals surface area contributed by atoms with Crippen LogP contribution < -0.4 is 5.73 Å². The Morgan fingerprint density at radius 1 is 1.32 bits per heavy atom. The van der Waals surface area contributed by atoms with Crippen LogP contribution in [0.15, 0.2) is 4.52 Å². The van der Waals surface area contributed by atoms with Crippen LogP contribution in [-0.4, -0.2) is 16.2 Å². The molecule has 1 aliphatic rings. The Morgan fingerprint density at radius 2 is 2.05 bits per heavy atom. The third-order valence-electron chi connectivity index (χ3n) is 4.04. The lowest BCUT2D eigenvalue weighted by molar-refractivity contribution is -0.0172. The van der Waals surface area contributed by atoms with Crippen LogP contribution in [-0.2, 0) is 16.9 Å². The third-order valence-corrected chi connectivity index (χ3v) is 4.04. The predicted octanol–water partition coefficient (Wildman–Crippen LogP) is 2.60. The first kappa shape index (κ1) is 14.5. The Balaban J connectivity index is 1.84. The van der Waals surface area contributed by atoms with Gasteiger partial charge in [0, 0.05) is 0 Å². The zero-order valence-electron chi connectivity index (χ0n) is 12.3. The van der Waals surface area contributed by atoms with Crippen LogP contribution in [0, 0.1) is 11.8 Å². The summed E-state index contributed by atoms with van der Waals surface area (Å²) >= 11 is 0. The molecule has 1 saturated carbocycles. The highest BCUT2D eigenvalue weighted by atomic mass is 16.5. The second kappa shape index (κ2) is 5.59. The monoisotopic (exact) mass is 267 g/mol. The highest BCUT2D eigenvalue weighted by Gasteiger charge is 2.26. The minimum absolute atomic E-state index is 0.312. The summed E-state index contributed by atoms with van der Waals surface area (Å²) < 4.78 is 11.0. The van der Waals surface area contributed by atoms with Crippen LogP contribution in [0.4, 0.5) is 0 Å². The van der Waals surface area contributed by atoms with Gasteiger partial charge < -0.3 is 15.0 Å². The lowest BCUT2D eigenvalue weighted by atomic mass is 9.80. The predicted molar refractivity (Wildman–Crippen MR) is 72.3 cm³/mol. The molecule has 1 fully saturated rings. The van der Waals surface area contributed by atoms with Crippen molar-refractivity contribution in [2.24, 2.45) is 17.6 Å². The SMILES string of the molecule is CC1CCC(OCc2nc(C(C)(C)N)no2)CC1C. The smallest absolute Gasteiger partial charge is 0.252 e. The minimum Gasteiger partial charge on any atom is -0.368 e. The Kier molecular flexibility index (Phi) is 4.26. The van der Waals surface area contributed by atoms with Crippen LogP contribution in [0.5, 0.6) is 0 Å². The molecule has 108 valence electrons. The number of hydrogen-bond acceptors (Lipinski definition) is 5. The number of nitrogens with zero attached hydrogens (tertiary/aromatic N) is 2. The molecular formula is C14H25N3O2. The zero-order valence-corrected chi connectivity index (χ0v) is 12.3. The summed E-state index contributed by atoms with van der Waals surface area (Å²) in [5.41, 5.74) is 5.34. The largest absolute Gasteiger partial charge is 0.368 e. The number of aromatic nitrogens is 2. The van der Waals surface area contributed by atoms with Gasteiger partial charge >= 0.3 is 0 Å². The maximum Gasteiger partial charge on any atom is 0.252 e. The summed E-state index contributed by atoms with van der Waals surface area (Å²) in [4.78, 5) is 4.27. The van der Waals surface area contributed by atoms with E-state index >= 15 is 0 Å². The highest BCUT2D eigenvalue weighted by Crippen LogP contribution is 2.31. The number of nitrogens with two attached hydrogens (primary N) is 1. The van der Waals surface area contributed by atoms with Crippen molar-refractivity contribution in [1.29, 1.82) is 0 Å². The second-order valence-electron chi connectivity index (χ2n) is 6.43. The van der Waals surface area contributed by atoms with Crippen molar-refractivity contribution in [2.75, 3.05) is 0 Å². The molecule has 2 N–H and O–H groups in total. The molecule has 0 aromatic carbocycles. The maximum absolute atomic E-state index is 5.92. The van der Waals surface area contributed by atoms with E-state index in [4.69, 9.17) is 15.0 Å². The van der Waals surface area contributed by atoms with Gasteiger partial charge in [0.05, 0.1) is 11.6 Å². The summed E-state index contributed by atoms with van der Waals surface area (Å²) in [5.74, 6) is 2.56. The average molecular weight is 267 g/mol. The van der Waals surface area contributed by atoms with Crippen molar-refractivity contribution in [2.45, 2.75) is 65.2 Å². The molecule has 0 amide bonds. The lowest BCUT2D eigenvalue weighted by Crippen LogP contribution is -2.30. The van der Waals surface area contributed by atoms with E-state index in [1.165, 1.54) is 6.42 Å². The molecule has 5 nitrogen and oxygen atoms in total. The number of rotatable bonds is 4. The first-order valence-electron chi connectivity index (χ1n) is 7.10. The van der Waals surface area contributed by atoms with Gasteiger partial charge in [-0.25, -0.2) is 0 Å². The van der Waals surface area contributed by atoms with E-state index in [2.05, 4.69) is 24.0 Å². The van der Waals surface area contributed by atoms with Gasteiger partial charge in [-0.3, -0.25) is 0 Å². The lowest BCUT2D eigenvalue weighted by Gasteiger charge is -2.31. The third kappa shape index (κ3) is 3.76. The summed E-state index contributed by atoms with van der Waals surface area (Å²) in [5, 5.41) is 3.89. The van der Waals surface area contributed by atoms with Crippen molar-refractivity contribution in [3.8, 4) is 0 Å². The summed E-state index contributed by atoms with van der Waals surface area (Å²) in [6, 6.07) is 0. The summed E-state index contributed by atoms with van der Waals surface area (Å²) in [7, 11) is 0. The Hall–Kier alpha value is -0.940. The van der Waals surface area contributed by atoms with Crippen molar-refractivity contribution in [1.82, 2.24) is 10.1 Å². The van der Waals surface area contributed by atoms with Crippen molar-refractivity contribution in [3.05, 3.63) is 11.7 Å². The van der Waals surface area contributed by atoms with E-state index in [-0.39, 0.29) is 0 Å². The van der Waals surface area contributed by atoms with Gasteiger partial charge in [-0.1, -0.05) is 19.0 Å². The topological polar surface area (TPSA) is 74.2 Å². The summed E-state index contributed by atoms with van der Waals surface area (Å²) in [6.07, 6.45) is 3.78. The standard InChI is InChI=1S/C14H25N3O2/c1-9-5-6-11(7-10(9)2)18-8-12-16-13(17-19-12)14(3,4)15/h9-11H,5-8,15H2,1-4H3. The molecule has 3 unspecified atom stereocenters. The molecule has 0 saturated heterocycles. The molecule has 3 atom stereocenters. The first-order valence-corrected chi connectivity index (χ1v) is 7.10. The fourth-order valence-corrected chi connectivity index (χ4v) is 2.41. The molecule has 1 aromatic rings. The fraction of sp³-hybridized carbons (Fsp3) is 0.857. The zero-order chi connectivity index (χ0) is 14.0. The maximum atomic E-state index is 5.92. The van der Waals surface area contributed by atoms with Gasteiger partial charge in [0.25, 0.3) is 5.89 Å². The molecule has 0 spiro atoms. The molecule has 2 rings (SSSR count). The van der Waals surface area contributed by atoms with Crippen LogP contribution in [0.1, 0.15) is 58.7 Å². The second-order valence-corrected chi connectivity index (χ2v) is 6.43.